The summed E-state index contributed by atoms with van der Waals surface area (Å²) in [5, 5.41) is 19.2. The minimum atomic E-state index is -3.24. The first kappa shape index (κ1) is 41.3. The summed E-state index contributed by atoms with van der Waals surface area (Å²) in [5.41, 5.74) is -1.15. The number of esters is 1. The summed E-state index contributed by atoms with van der Waals surface area (Å²) < 4.78 is 45.8. The molecule has 0 aromatic heterocycles. The van der Waals surface area contributed by atoms with E-state index in [9.17, 15) is 32.7 Å². The maximum Gasteiger partial charge on any atom is 0.303 e. The molecule has 0 aromatic rings. The number of rotatable bonds is 15. The van der Waals surface area contributed by atoms with Crippen LogP contribution in [-0.4, -0.2) is 116 Å². The lowest BCUT2D eigenvalue weighted by Gasteiger charge is -2.39. The van der Waals surface area contributed by atoms with Crippen molar-refractivity contribution in [3.8, 4) is 0 Å². The molecule has 0 aliphatic carbocycles. The minimum absolute atomic E-state index is 0.0583. The standard InChI is InChI=1S/C35H55N3O11S/c1-21(9-12-28-22(2)17-27(24(4)48-28)37-30(40)14-11-23(3)47-25(5)39)10-13-29-32(42)35(20-46-35)19-26(49-29)18-31(41)38-34(6,7)33(43)36-15-16-50(8,44)45/h9-11,13-14,22-24,26-29,32,42H,12,15-20H2,1-8H3,(H,36,43)(H,37,40)(H,38,41)/b13-10+,14-11-,21-9+/t22-,23-,24+,26+,27+,28-,29+,32+,35?/m0/s1. The number of ether oxygens (including phenoxy) is 4. The van der Waals surface area contributed by atoms with Crippen LogP contribution in [0.5, 0.6) is 0 Å². The number of hydrogen-bond donors (Lipinski definition) is 4. The van der Waals surface area contributed by atoms with Crippen molar-refractivity contribution in [1.82, 2.24) is 16.0 Å². The van der Waals surface area contributed by atoms with E-state index in [1.54, 1.807) is 13.0 Å². The van der Waals surface area contributed by atoms with E-state index in [2.05, 4.69) is 29.0 Å². The molecule has 0 radical (unpaired) electrons. The van der Waals surface area contributed by atoms with Gasteiger partial charge < -0.3 is 40.0 Å². The van der Waals surface area contributed by atoms with E-state index in [4.69, 9.17) is 18.9 Å². The van der Waals surface area contributed by atoms with Gasteiger partial charge in [-0.2, -0.15) is 0 Å². The molecule has 3 rings (SSSR count). The fourth-order valence-electron chi connectivity index (χ4n) is 6.12. The summed E-state index contributed by atoms with van der Waals surface area (Å²) >= 11 is 0. The molecule has 3 aliphatic heterocycles. The number of epoxide rings is 1. The van der Waals surface area contributed by atoms with Crippen molar-refractivity contribution in [2.45, 2.75) is 128 Å². The normalized spacial score (nSPS) is 31.0. The summed E-state index contributed by atoms with van der Waals surface area (Å²) in [5.74, 6) is -1.67. The van der Waals surface area contributed by atoms with Gasteiger partial charge in [0.25, 0.3) is 0 Å². The van der Waals surface area contributed by atoms with Crippen LogP contribution in [-0.2, 0) is 48.0 Å². The van der Waals surface area contributed by atoms with E-state index in [1.807, 2.05) is 19.9 Å². The van der Waals surface area contributed by atoms with Crippen molar-refractivity contribution in [3.05, 3.63) is 36.0 Å². The van der Waals surface area contributed by atoms with E-state index in [1.165, 1.54) is 32.9 Å². The van der Waals surface area contributed by atoms with Gasteiger partial charge in [-0.15, -0.1) is 0 Å². The third-order valence-corrected chi connectivity index (χ3v) is 10.1. The highest BCUT2D eigenvalue weighted by Crippen LogP contribution is 2.43. The van der Waals surface area contributed by atoms with E-state index in [0.717, 1.165) is 18.2 Å². The van der Waals surface area contributed by atoms with Crippen molar-refractivity contribution in [3.63, 3.8) is 0 Å². The number of aliphatic hydroxyl groups is 1. The Hall–Kier alpha value is -3.11. The van der Waals surface area contributed by atoms with Crippen LogP contribution in [0, 0.1) is 5.92 Å². The summed E-state index contributed by atoms with van der Waals surface area (Å²) in [6, 6.07) is -0.167. The van der Waals surface area contributed by atoms with E-state index >= 15 is 0 Å². The predicted molar refractivity (Wildman–Crippen MR) is 185 cm³/mol. The van der Waals surface area contributed by atoms with Crippen molar-refractivity contribution in [2.24, 2.45) is 5.92 Å². The summed E-state index contributed by atoms with van der Waals surface area (Å²) in [7, 11) is -3.24. The Balaban J connectivity index is 1.51. The molecular weight excluding hydrogens is 670 g/mol. The Kier molecular flexibility index (Phi) is 14.4. The van der Waals surface area contributed by atoms with Gasteiger partial charge in [-0.1, -0.05) is 30.7 Å². The molecule has 0 bridgehead atoms. The Morgan fingerprint density at radius 1 is 1.12 bits per heavy atom. The lowest BCUT2D eigenvalue weighted by atomic mass is 9.87. The first-order chi connectivity index (χ1) is 23.2. The molecule has 4 N–H and O–H groups in total. The molecule has 50 heavy (non-hydrogen) atoms. The first-order valence-corrected chi connectivity index (χ1v) is 19.2. The summed E-state index contributed by atoms with van der Waals surface area (Å²) in [6.45, 7) is 12.3. The van der Waals surface area contributed by atoms with Crippen molar-refractivity contribution < 1.29 is 51.6 Å². The molecule has 3 saturated heterocycles. The molecule has 282 valence electrons. The highest BCUT2D eigenvalue weighted by Gasteiger charge is 2.58. The van der Waals surface area contributed by atoms with Crippen LogP contribution in [0.1, 0.15) is 74.1 Å². The van der Waals surface area contributed by atoms with Gasteiger partial charge in [0.15, 0.2) is 0 Å². The zero-order valence-electron chi connectivity index (χ0n) is 30.4. The molecule has 15 heteroatoms. The molecule has 14 nitrogen and oxygen atoms in total. The van der Waals surface area contributed by atoms with Gasteiger partial charge in [0.1, 0.15) is 39.3 Å². The lowest BCUT2D eigenvalue weighted by Crippen LogP contribution is -2.56. The number of amides is 3. The molecule has 3 aliphatic rings. The monoisotopic (exact) mass is 725 g/mol. The van der Waals surface area contributed by atoms with E-state index in [0.29, 0.717) is 19.4 Å². The molecule has 0 saturated carbocycles. The van der Waals surface area contributed by atoms with Gasteiger partial charge in [-0.3, -0.25) is 19.2 Å². The topological polar surface area (TPSA) is 199 Å². The first-order valence-electron chi connectivity index (χ1n) is 17.1. The van der Waals surface area contributed by atoms with Crippen LogP contribution >= 0.6 is 0 Å². The minimum Gasteiger partial charge on any atom is -0.459 e. The average molecular weight is 726 g/mol. The maximum atomic E-state index is 12.9. The van der Waals surface area contributed by atoms with Gasteiger partial charge in [0.2, 0.25) is 17.7 Å². The number of hydrogen-bond acceptors (Lipinski definition) is 11. The number of aliphatic hydroxyl groups excluding tert-OH is 1. The number of carbonyl (C=O) groups excluding carboxylic acids is 4. The molecular formula is C35H55N3O11S. The quantitative estimate of drug-likeness (QED) is 0.0824. The van der Waals surface area contributed by atoms with Crippen LogP contribution in [0.4, 0.5) is 0 Å². The zero-order valence-corrected chi connectivity index (χ0v) is 31.2. The fraction of sp³-hybridized carbons (Fsp3) is 0.714. The van der Waals surface area contributed by atoms with Gasteiger partial charge in [-0.05, 0) is 59.5 Å². The maximum absolute atomic E-state index is 12.9. The highest BCUT2D eigenvalue weighted by molar-refractivity contribution is 7.90. The molecule has 1 unspecified atom stereocenters. The number of sulfone groups is 1. The van der Waals surface area contributed by atoms with Gasteiger partial charge in [0.05, 0.1) is 43.1 Å². The second-order valence-electron chi connectivity index (χ2n) is 14.4. The SMILES string of the molecule is CC(=O)O[C@@H](C)/C=C\C(=O)N[C@@H]1C[C@H](C)[C@H](C/C=C(C)/C=C/[C@H]2O[C@H](CC(=O)NC(C)(C)C(=O)NCCS(C)(=O)=O)CC3(CO3)[C@@H]2O)O[C@@H]1C. The molecule has 1 spiro atoms. The van der Waals surface area contributed by atoms with E-state index < -0.39 is 63.2 Å². The zero-order chi connectivity index (χ0) is 37.4. The van der Waals surface area contributed by atoms with Gasteiger partial charge >= 0.3 is 5.97 Å². The lowest BCUT2D eigenvalue weighted by molar-refractivity contribution is -0.147. The van der Waals surface area contributed by atoms with Crippen LogP contribution in [0.15, 0.2) is 36.0 Å². The molecule has 3 fully saturated rings. The van der Waals surface area contributed by atoms with Crippen molar-refractivity contribution in [2.75, 3.05) is 25.2 Å². The Morgan fingerprint density at radius 2 is 1.80 bits per heavy atom. The van der Waals surface area contributed by atoms with Crippen LogP contribution in [0.2, 0.25) is 0 Å². The molecule has 9 atom stereocenters. The average Bonchev–Trinajstić information content (AvgIpc) is 3.76. The smallest absolute Gasteiger partial charge is 0.303 e. The van der Waals surface area contributed by atoms with Crippen LogP contribution in [0.25, 0.3) is 0 Å². The molecule has 0 aromatic carbocycles. The largest absolute Gasteiger partial charge is 0.459 e. The predicted octanol–water partition coefficient (Wildman–Crippen LogP) is 1.42. The second-order valence-corrected chi connectivity index (χ2v) is 16.7. The third kappa shape index (κ3) is 12.9. The Labute approximate surface area is 295 Å². The van der Waals surface area contributed by atoms with Crippen LogP contribution in [0.3, 0.4) is 0 Å². The number of carbonyl (C=O) groups is 4. The van der Waals surface area contributed by atoms with Gasteiger partial charge in [-0.25, -0.2) is 8.42 Å². The Morgan fingerprint density at radius 3 is 2.42 bits per heavy atom. The second kappa shape index (κ2) is 17.4. The van der Waals surface area contributed by atoms with Crippen molar-refractivity contribution in [1.29, 1.82) is 0 Å². The van der Waals surface area contributed by atoms with Crippen molar-refractivity contribution >= 4 is 33.5 Å². The van der Waals surface area contributed by atoms with E-state index in [-0.39, 0.29) is 48.8 Å². The third-order valence-electron chi connectivity index (χ3n) is 9.11. The van der Waals surface area contributed by atoms with Gasteiger partial charge in [0, 0.05) is 32.2 Å². The summed E-state index contributed by atoms with van der Waals surface area (Å²) in [4.78, 5) is 49.0. The summed E-state index contributed by atoms with van der Waals surface area (Å²) in [6.07, 6.45) is 8.31. The molecule has 3 heterocycles. The highest BCUT2D eigenvalue weighted by atomic mass is 32.2. The number of allylic oxidation sites excluding steroid dienone is 2. The fourth-order valence-corrected chi connectivity index (χ4v) is 6.59. The number of nitrogens with one attached hydrogen (secondary N) is 3. The molecule has 3 amide bonds. The Bertz CT molecular complexity index is 1440. The van der Waals surface area contributed by atoms with Crippen LogP contribution < -0.4 is 16.0 Å².